The first-order valence-electron chi connectivity index (χ1n) is 13.1. The summed E-state index contributed by atoms with van der Waals surface area (Å²) in [7, 11) is -3.11. The number of rotatable bonds is 4. The molecular weight excluding hydrogens is 506 g/mol. The van der Waals surface area contributed by atoms with Crippen LogP contribution in [0.15, 0.2) is 48.5 Å². The highest BCUT2D eigenvalue weighted by atomic mass is 31.2. The minimum atomic E-state index is -1.55. The summed E-state index contributed by atoms with van der Waals surface area (Å²) >= 11 is 0. The average molecular weight is 545 g/mol. The number of benzene rings is 2. The van der Waals surface area contributed by atoms with E-state index in [0.29, 0.717) is 0 Å². The van der Waals surface area contributed by atoms with Crippen molar-refractivity contribution < 1.29 is 27.1 Å². The maximum atomic E-state index is 6.88. The Morgan fingerprint density at radius 2 is 0.892 bits per heavy atom. The molecule has 4 aliphatic rings. The Kier molecular flexibility index (Phi) is 6.06. The van der Waals surface area contributed by atoms with Gasteiger partial charge in [0.15, 0.2) is 0 Å². The van der Waals surface area contributed by atoms with Gasteiger partial charge < -0.3 is 27.1 Å². The van der Waals surface area contributed by atoms with Crippen molar-refractivity contribution in [2.75, 3.05) is 0 Å². The maximum absolute atomic E-state index is 6.88. The zero-order valence-corrected chi connectivity index (χ0v) is 24.8. The molecule has 3 atom stereocenters. The Hall–Kier alpha value is -0.940. The van der Waals surface area contributed by atoms with Gasteiger partial charge in [-0.25, -0.2) is 0 Å². The third-order valence-corrected chi connectivity index (χ3v) is 12.4. The second-order valence-electron chi connectivity index (χ2n) is 12.8. The molecule has 2 aromatic rings. The van der Waals surface area contributed by atoms with Gasteiger partial charge in [0.25, 0.3) is 0 Å². The summed E-state index contributed by atoms with van der Waals surface area (Å²) in [6.45, 7) is 16.5. The number of hydrogen-bond donors (Lipinski definition) is 0. The molecule has 2 fully saturated rings. The first-order chi connectivity index (χ1) is 17.2. The minimum absolute atomic E-state index is 0.254. The van der Waals surface area contributed by atoms with Crippen LogP contribution in [0.25, 0.3) is 0 Å². The van der Waals surface area contributed by atoms with Gasteiger partial charge in [-0.3, -0.25) is 0 Å². The molecule has 0 radical (unpaired) electrons. The predicted octanol–water partition coefficient (Wildman–Crippen LogP) is 8.26. The Morgan fingerprint density at radius 3 is 1.24 bits per heavy atom. The highest BCUT2D eigenvalue weighted by molar-refractivity contribution is 7.42. The number of fused-ring (bicyclic) bond motifs is 2. The summed E-state index contributed by atoms with van der Waals surface area (Å²) in [5.74, 6) is 0. The van der Waals surface area contributed by atoms with Crippen LogP contribution >= 0.6 is 17.2 Å². The quantitative estimate of drug-likeness (QED) is 0.361. The minimum Gasteiger partial charge on any atom is -0.303 e. The maximum Gasteiger partial charge on any atom is 0.334 e. The molecule has 0 bridgehead atoms. The number of hydrogen-bond acceptors (Lipinski definition) is 6. The summed E-state index contributed by atoms with van der Waals surface area (Å²) in [4.78, 5) is 0. The van der Waals surface area contributed by atoms with Crippen molar-refractivity contribution in [2.24, 2.45) is 5.41 Å². The normalized spacial score (nSPS) is 33.2. The second-order valence-corrected chi connectivity index (χ2v) is 14.9. The van der Waals surface area contributed by atoms with E-state index >= 15 is 0 Å². The van der Waals surface area contributed by atoms with Gasteiger partial charge in [-0.1, -0.05) is 48.5 Å². The molecule has 37 heavy (non-hydrogen) atoms. The molecule has 2 unspecified atom stereocenters. The molecule has 0 saturated carbocycles. The summed E-state index contributed by atoms with van der Waals surface area (Å²) in [6.07, 6.45) is 1.16. The molecule has 6 nitrogen and oxygen atoms in total. The van der Waals surface area contributed by atoms with Crippen LogP contribution in [-0.4, -0.2) is 22.4 Å². The van der Waals surface area contributed by atoms with Gasteiger partial charge in [0, 0.05) is 5.41 Å². The molecule has 0 amide bonds. The molecule has 2 aromatic carbocycles. The van der Waals surface area contributed by atoms with E-state index in [1.165, 1.54) is 22.3 Å². The Morgan fingerprint density at radius 1 is 0.568 bits per heavy atom. The SMILES string of the molecule is CC1(C)OP(OC2c3ccccc3CC23Cc2ccccc2[C@@H]3OP2OC(C)(C)C(C)(C)O2)OC1(C)C. The lowest BCUT2D eigenvalue weighted by atomic mass is 9.77. The zero-order chi connectivity index (χ0) is 26.4. The largest absolute Gasteiger partial charge is 0.334 e. The first kappa shape index (κ1) is 26.3. The van der Waals surface area contributed by atoms with Gasteiger partial charge in [-0.15, -0.1) is 0 Å². The van der Waals surface area contributed by atoms with Gasteiger partial charge in [0.2, 0.25) is 0 Å². The zero-order valence-electron chi connectivity index (χ0n) is 23.0. The van der Waals surface area contributed by atoms with E-state index < -0.39 is 39.6 Å². The molecule has 200 valence electrons. The van der Waals surface area contributed by atoms with Crippen molar-refractivity contribution in [1.29, 1.82) is 0 Å². The molecule has 2 heterocycles. The Labute approximate surface area is 223 Å². The summed E-state index contributed by atoms with van der Waals surface area (Å²) in [5, 5.41) is 0. The molecule has 8 heteroatoms. The molecule has 1 spiro atoms. The highest BCUT2D eigenvalue weighted by Crippen LogP contribution is 2.71. The van der Waals surface area contributed by atoms with Crippen LogP contribution in [0.5, 0.6) is 0 Å². The van der Waals surface area contributed by atoms with Crippen molar-refractivity contribution in [3.05, 3.63) is 70.8 Å². The van der Waals surface area contributed by atoms with Crippen molar-refractivity contribution in [3.63, 3.8) is 0 Å². The molecule has 2 aliphatic heterocycles. The van der Waals surface area contributed by atoms with Crippen LogP contribution in [0.1, 0.15) is 89.9 Å². The lowest BCUT2D eigenvalue weighted by Gasteiger charge is -2.38. The van der Waals surface area contributed by atoms with E-state index in [2.05, 4.69) is 104 Å². The average Bonchev–Trinajstić information content (AvgIpc) is 3.40. The lowest BCUT2D eigenvalue weighted by Crippen LogP contribution is -2.41. The fraction of sp³-hybridized carbons (Fsp3) is 0.586. The fourth-order valence-corrected chi connectivity index (χ4v) is 9.21. The molecule has 2 saturated heterocycles. The van der Waals surface area contributed by atoms with Crippen molar-refractivity contribution in [3.8, 4) is 0 Å². The van der Waals surface area contributed by atoms with E-state index in [4.69, 9.17) is 27.1 Å². The van der Waals surface area contributed by atoms with Gasteiger partial charge in [-0.05, 0) is 90.5 Å². The smallest absolute Gasteiger partial charge is 0.303 e. The molecule has 6 rings (SSSR count). The molecule has 0 N–H and O–H groups in total. The van der Waals surface area contributed by atoms with E-state index in [1.54, 1.807) is 0 Å². The van der Waals surface area contributed by atoms with Crippen LogP contribution in [0, 0.1) is 5.41 Å². The van der Waals surface area contributed by atoms with Crippen LogP contribution in [0.2, 0.25) is 0 Å². The standard InChI is InChI=1S/C29H38O6P2/c1-25(2)26(3,4)33-36(32-25)30-23-21-15-11-9-13-19(21)17-29(23)18-20-14-10-12-16-22(20)24(29)31-37-34-27(5,6)28(7,8)35-37/h9-16,23-24H,17-18H2,1-8H3/t23-,24?,29?/m0/s1. The van der Waals surface area contributed by atoms with Crippen molar-refractivity contribution in [2.45, 2.75) is 103 Å². The van der Waals surface area contributed by atoms with Crippen molar-refractivity contribution >= 4 is 17.2 Å². The van der Waals surface area contributed by atoms with E-state index in [0.717, 1.165) is 12.8 Å². The molecular formula is C29H38O6P2. The monoisotopic (exact) mass is 544 g/mol. The Balaban J connectivity index is 1.39. The second kappa shape index (κ2) is 8.53. The molecule has 0 aromatic heterocycles. The fourth-order valence-electron chi connectivity index (χ4n) is 5.61. The molecule has 2 aliphatic carbocycles. The van der Waals surface area contributed by atoms with Gasteiger partial charge in [0.1, 0.15) is 34.6 Å². The van der Waals surface area contributed by atoms with Gasteiger partial charge >= 0.3 is 17.2 Å². The van der Waals surface area contributed by atoms with Crippen LogP contribution in [-0.2, 0) is 40.0 Å². The topological polar surface area (TPSA) is 55.4 Å². The van der Waals surface area contributed by atoms with Gasteiger partial charge in [0.05, 0.1) is 0 Å². The predicted molar refractivity (Wildman–Crippen MR) is 145 cm³/mol. The first-order valence-corrected chi connectivity index (χ1v) is 15.3. The van der Waals surface area contributed by atoms with Crippen LogP contribution < -0.4 is 0 Å². The van der Waals surface area contributed by atoms with Crippen LogP contribution in [0.3, 0.4) is 0 Å². The third-order valence-electron chi connectivity index (χ3n) is 9.25. The Bertz CT molecular complexity index is 1080. The summed E-state index contributed by atoms with van der Waals surface area (Å²) < 4.78 is 39.3. The highest BCUT2D eigenvalue weighted by Gasteiger charge is 2.62. The summed E-state index contributed by atoms with van der Waals surface area (Å²) in [6, 6.07) is 17.1. The van der Waals surface area contributed by atoms with E-state index in [-0.39, 0.29) is 17.6 Å². The van der Waals surface area contributed by atoms with E-state index in [1.807, 2.05) is 0 Å². The van der Waals surface area contributed by atoms with E-state index in [9.17, 15) is 0 Å². The lowest BCUT2D eigenvalue weighted by molar-refractivity contribution is -0.0381. The van der Waals surface area contributed by atoms with Crippen LogP contribution in [0.4, 0.5) is 0 Å². The third kappa shape index (κ3) is 4.07. The van der Waals surface area contributed by atoms with Crippen molar-refractivity contribution in [1.82, 2.24) is 0 Å². The summed E-state index contributed by atoms with van der Waals surface area (Å²) in [5.41, 5.74) is 2.74. The van der Waals surface area contributed by atoms with Gasteiger partial charge in [-0.2, -0.15) is 0 Å².